The second-order valence-corrected chi connectivity index (χ2v) is 6.53. The van der Waals surface area contributed by atoms with Gasteiger partial charge in [0.2, 0.25) is 0 Å². The summed E-state index contributed by atoms with van der Waals surface area (Å²) in [6.45, 7) is 4.35. The third-order valence-electron chi connectivity index (χ3n) is 5.08. The predicted octanol–water partition coefficient (Wildman–Crippen LogP) is 5.53. The lowest BCUT2D eigenvalue weighted by Gasteiger charge is -2.18. The van der Waals surface area contributed by atoms with Crippen molar-refractivity contribution in [1.29, 1.82) is 0 Å². The average molecular weight is 322 g/mol. The molecule has 0 aliphatic heterocycles. The molecule has 0 N–H and O–H groups in total. The number of rotatable bonds is 2. The van der Waals surface area contributed by atoms with Gasteiger partial charge in [0, 0.05) is 11.1 Å². The predicted molar refractivity (Wildman–Crippen MR) is 101 cm³/mol. The maximum atomic E-state index is 5.61. The Morgan fingerprint density at radius 1 is 0.667 bits per heavy atom. The molecular weight excluding hydrogens is 296 g/mol. The molecule has 0 saturated carbocycles. The lowest BCUT2D eigenvalue weighted by atomic mass is 9.91. The SMILES string of the molecule is COc1ccc2cc1/C(C)=C(/C)c1cc(ccc1OC)CCCC2. The van der Waals surface area contributed by atoms with Crippen molar-refractivity contribution in [3.05, 3.63) is 58.7 Å². The van der Waals surface area contributed by atoms with Gasteiger partial charge in [0.25, 0.3) is 0 Å². The van der Waals surface area contributed by atoms with Crippen molar-refractivity contribution in [2.24, 2.45) is 0 Å². The van der Waals surface area contributed by atoms with Crippen molar-refractivity contribution in [1.82, 2.24) is 0 Å². The molecule has 4 bridgehead atoms. The van der Waals surface area contributed by atoms with Crippen LogP contribution >= 0.6 is 0 Å². The van der Waals surface area contributed by atoms with Crippen LogP contribution in [0.2, 0.25) is 0 Å². The minimum Gasteiger partial charge on any atom is -0.496 e. The summed E-state index contributed by atoms with van der Waals surface area (Å²) in [5.41, 5.74) is 7.61. The third kappa shape index (κ3) is 3.19. The zero-order valence-electron chi connectivity index (χ0n) is 15.1. The van der Waals surface area contributed by atoms with E-state index in [0.29, 0.717) is 0 Å². The number of aryl methyl sites for hydroxylation is 2. The molecule has 0 saturated heterocycles. The highest BCUT2D eigenvalue weighted by atomic mass is 16.5. The van der Waals surface area contributed by atoms with E-state index < -0.39 is 0 Å². The van der Waals surface area contributed by atoms with Crippen LogP contribution in [-0.2, 0) is 12.8 Å². The quantitative estimate of drug-likeness (QED) is 0.723. The van der Waals surface area contributed by atoms with Crippen molar-refractivity contribution in [2.75, 3.05) is 14.2 Å². The van der Waals surface area contributed by atoms with Crippen LogP contribution in [0.1, 0.15) is 48.9 Å². The van der Waals surface area contributed by atoms with Crippen LogP contribution in [0.5, 0.6) is 11.5 Å². The van der Waals surface area contributed by atoms with Crippen LogP contribution in [0, 0.1) is 0 Å². The normalized spacial score (nSPS) is 17.7. The second-order valence-electron chi connectivity index (χ2n) is 6.53. The maximum absolute atomic E-state index is 5.61. The van der Waals surface area contributed by atoms with Gasteiger partial charge in [0.1, 0.15) is 11.5 Å². The van der Waals surface area contributed by atoms with E-state index in [9.17, 15) is 0 Å². The van der Waals surface area contributed by atoms with Crippen molar-refractivity contribution < 1.29 is 9.47 Å². The topological polar surface area (TPSA) is 18.5 Å². The highest BCUT2D eigenvalue weighted by molar-refractivity contribution is 5.92. The van der Waals surface area contributed by atoms with Crippen LogP contribution in [0.4, 0.5) is 0 Å². The van der Waals surface area contributed by atoms with Crippen LogP contribution in [0.3, 0.4) is 0 Å². The number of methoxy groups -OCH3 is 2. The van der Waals surface area contributed by atoms with Gasteiger partial charge in [-0.15, -0.1) is 0 Å². The molecule has 2 aromatic rings. The van der Waals surface area contributed by atoms with Gasteiger partial charge in [-0.25, -0.2) is 0 Å². The summed E-state index contributed by atoms with van der Waals surface area (Å²) < 4.78 is 11.2. The molecule has 2 nitrogen and oxygen atoms in total. The number of fused-ring (bicyclic) bond motifs is 4. The fraction of sp³-hybridized carbons (Fsp3) is 0.364. The summed E-state index contributed by atoms with van der Waals surface area (Å²) in [5.74, 6) is 1.87. The van der Waals surface area contributed by atoms with Crippen LogP contribution in [0.15, 0.2) is 36.4 Å². The monoisotopic (exact) mass is 322 g/mol. The molecular formula is C22H26O2. The molecule has 0 fully saturated rings. The van der Waals surface area contributed by atoms with E-state index in [4.69, 9.17) is 9.47 Å². The van der Waals surface area contributed by atoms with E-state index in [1.807, 2.05) is 0 Å². The van der Waals surface area contributed by atoms with E-state index in [1.54, 1.807) is 14.2 Å². The van der Waals surface area contributed by atoms with Crippen LogP contribution in [-0.4, -0.2) is 14.2 Å². The summed E-state index contributed by atoms with van der Waals surface area (Å²) in [6, 6.07) is 13.2. The molecule has 0 aromatic heterocycles. The van der Waals surface area contributed by atoms with Gasteiger partial charge in [-0.05, 0) is 86.1 Å². The Kier molecular flexibility index (Phi) is 4.94. The molecule has 126 valence electrons. The lowest BCUT2D eigenvalue weighted by Crippen LogP contribution is -1.99. The molecule has 0 amide bonds. The van der Waals surface area contributed by atoms with E-state index >= 15 is 0 Å². The summed E-state index contributed by atoms with van der Waals surface area (Å²) in [7, 11) is 3.48. The molecule has 0 heterocycles. The van der Waals surface area contributed by atoms with Crippen LogP contribution in [0.25, 0.3) is 11.1 Å². The van der Waals surface area contributed by atoms with Gasteiger partial charge >= 0.3 is 0 Å². The Labute approximate surface area is 145 Å². The first kappa shape index (κ1) is 16.6. The van der Waals surface area contributed by atoms with E-state index in [-0.39, 0.29) is 0 Å². The van der Waals surface area contributed by atoms with Gasteiger partial charge in [0.15, 0.2) is 0 Å². The van der Waals surface area contributed by atoms with E-state index in [1.165, 1.54) is 46.2 Å². The minimum absolute atomic E-state index is 0.933. The van der Waals surface area contributed by atoms with Crippen LogP contribution < -0.4 is 9.47 Å². The largest absolute Gasteiger partial charge is 0.496 e. The molecule has 1 aliphatic carbocycles. The zero-order chi connectivity index (χ0) is 17.1. The maximum Gasteiger partial charge on any atom is 0.126 e. The molecule has 0 radical (unpaired) electrons. The molecule has 0 atom stereocenters. The number of allylic oxidation sites excluding steroid dienone is 2. The van der Waals surface area contributed by atoms with E-state index in [0.717, 1.165) is 24.3 Å². The molecule has 2 aromatic carbocycles. The molecule has 0 spiro atoms. The minimum atomic E-state index is 0.933. The first-order valence-electron chi connectivity index (χ1n) is 8.66. The molecule has 0 unspecified atom stereocenters. The molecule has 2 heteroatoms. The second kappa shape index (κ2) is 7.12. The fourth-order valence-corrected chi connectivity index (χ4v) is 3.47. The van der Waals surface area contributed by atoms with Crippen molar-refractivity contribution in [3.63, 3.8) is 0 Å². The van der Waals surface area contributed by atoms with Gasteiger partial charge in [-0.2, -0.15) is 0 Å². The zero-order valence-corrected chi connectivity index (χ0v) is 15.1. The highest BCUT2D eigenvalue weighted by Gasteiger charge is 2.14. The Bertz CT molecular complexity index is 706. The Morgan fingerprint density at radius 3 is 1.46 bits per heavy atom. The lowest BCUT2D eigenvalue weighted by molar-refractivity contribution is 0.412. The number of hydrogen-bond donors (Lipinski definition) is 0. The molecule has 1 aliphatic rings. The summed E-state index contributed by atoms with van der Waals surface area (Å²) in [5, 5.41) is 0. The molecule has 24 heavy (non-hydrogen) atoms. The van der Waals surface area contributed by atoms with Crippen molar-refractivity contribution in [2.45, 2.75) is 39.5 Å². The van der Waals surface area contributed by atoms with Crippen molar-refractivity contribution >= 4 is 11.1 Å². The smallest absolute Gasteiger partial charge is 0.126 e. The molecule has 3 rings (SSSR count). The summed E-state index contributed by atoms with van der Waals surface area (Å²) in [4.78, 5) is 0. The van der Waals surface area contributed by atoms with Gasteiger partial charge in [-0.1, -0.05) is 12.1 Å². The van der Waals surface area contributed by atoms with Crippen molar-refractivity contribution in [3.8, 4) is 11.5 Å². The van der Waals surface area contributed by atoms with Gasteiger partial charge in [0.05, 0.1) is 14.2 Å². The number of hydrogen-bond acceptors (Lipinski definition) is 2. The standard InChI is InChI=1S/C22H26O2/c1-15-16(2)20-14-18(10-12-22(20)24-4)8-6-5-7-17-9-11-21(23-3)19(15)13-17/h9-14H,5-8H2,1-4H3/b16-15-. The van der Waals surface area contributed by atoms with Gasteiger partial charge < -0.3 is 9.47 Å². The fourth-order valence-electron chi connectivity index (χ4n) is 3.47. The Hall–Kier alpha value is -2.22. The first-order valence-corrected chi connectivity index (χ1v) is 8.66. The third-order valence-corrected chi connectivity index (χ3v) is 5.08. The number of ether oxygens (including phenoxy) is 2. The van der Waals surface area contributed by atoms with Gasteiger partial charge in [-0.3, -0.25) is 0 Å². The number of benzene rings is 2. The van der Waals surface area contributed by atoms with E-state index in [2.05, 4.69) is 50.2 Å². The Balaban J connectivity index is 2.23. The Morgan fingerprint density at radius 2 is 1.08 bits per heavy atom. The summed E-state index contributed by atoms with van der Waals surface area (Å²) >= 11 is 0. The highest BCUT2D eigenvalue weighted by Crippen LogP contribution is 2.37. The first-order chi connectivity index (χ1) is 11.6. The summed E-state index contributed by atoms with van der Waals surface area (Å²) in [6.07, 6.45) is 4.64. The average Bonchev–Trinajstić information content (AvgIpc) is 2.63.